The van der Waals surface area contributed by atoms with E-state index in [4.69, 9.17) is 0 Å². The first-order chi connectivity index (χ1) is 25.2. The zero-order valence-corrected chi connectivity index (χ0v) is 36.5. The molecular formula is C49H67F5S. The molecule has 6 heteroatoms. The monoisotopic (exact) mass is 782 g/mol. The van der Waals surface area contributed by atoms with Crippen LogP contribution in [0.3, 0.4) is 0 Å². The van der Waals surface area contributed by atoms with Crippen LogP contribution in [0.15, 0.2) is 126 Å². The largest absolute Gasteiger partial charge is 0.310 e. The summed E-state index contributed by atoms with van der Waals surface area (Å²) in [6.45, 7) is 29.5. The lowest BCUT2D eigenvalue weighted by atomic mass is 10.0. The zero-order chi connectivity index (χ0) is 42.2. The molecule has 0 bridgehead atoms. The van der Waals surface area contributed by atoms with Gasteiger partial charge in [0, 0.05) is 0 Å². The fraction of sp³-hybridized carbons (Fsp3) is 0.388. The van der Waals surface area contributed by atoms with E-state index in [9.17, 15) is 19.4 Å². The van der Waals surface area contributed by atoms with Gasteiger partial charge in [-0.2, -0.15) is 0 Å². The van der Waals surface area contributed by atoms with E-state index in [-0.39, 0.29) is 11.5 Å². The molecule has 0 spiro atoms. The average Bonchev–Trinajstić information content (AvgIpc) is 3.09. The van der Waals surface area contributed by atoms with Gasteiger partial charge in [-0.1, -0.05) is 220 Å². The molecule has 0 N–H and O–H groups in total. The molecule has 0 nitrogen and oxygen atoms in total. The van der Waals surface area contributed by atoms with Crippen LogP contribution in [0, 0.1) is 27.7 Å². The Hall–Kier alpha value is -3.90. The van der Waals surface area contributed by atoms with Crippen molar-refractivity contribution in [3.63, 3.8) is 0 Å². The van der Waals surface area contributed by atoms with Crippen LogP contribution in [0.1, 0.15) is 149 Å². The SMILES string of the molecule is CC(C)c1cccc(S(F)(F)(F)(F)F)c1.Cc1ccc(C(C)C)cc1.Cc1ccc(C(C)C)cc1.Cc1ccc(C(C)C)cc1.Cc1cccc(C(C)C)c1. The van der Waals surface area contributed by atoms with Gasteiger partial charge >= 0.3 is 10.2 Å². The summed E-state index contributed by atoms with van der Waals surface area (Å²) in [4.78, 5) is -1.82. The molecule has 0 aliphatic rings. The van der Waals surface area contributed by atoms with Gasteiger partial charge in [0.1, 0.15) is 4.90 Å². The lowest BCUT2D eigenvalue weighted by Gasteiger charge is -2.40. The van der Waals surface area contributed by atoms with Crippen LogP contribution in [0.25, 0.3) is 0 Å². The first-order valence-electron chi connectivity index (χ1n) is 19.3. The normalized spacial score (nSPS) is 12.3. The molecule has 0 amide bonds. The molecule has 0 unspecified atom stereocenters. The quantitative estimate of drug-likeness (QED) is 0.151. The molecule has 0 aliphatic carbocycles. The standard InChI is InChI=1S/4C10H14.C9H11F5S/c3*1-8(2)10-6-4-9(3)5-7-10;1-8(2)10-6-4-5-9(3)7-10;1-7(2)8-4-3-5-9(6-8)15(10,11,12,13)14/h4*4-8H,1-3H3;3-7H,1-2H3. The second kappa shape index (κ2) is 20.9. The summed E-state index contributed by atoms with van der Waals surface area (Å²) in [6, 6.07) is 38.1. The summed E-state index contributed by atoms with van der Waals surface area (Å²) in [5, 5.41) is 0. The van der Waals surface area contributed by atoms with Gasteiger partial charge in [-0.25, -0.2) is 0 Å². The molecule has 5 rings (SSSR count). The van der Waals surface area contributed by atoms with Gasteiger partial charge in [-0.15, -0.1) is 0 Å². The number of benzene rings is 5. The van der Waals surface area contributed by atoms with E-state index in [1.165, 1.54) is 50.6 Å². The molecule has 5 aromatic carbocycles. The first kappa shape index (κ1) is 49.1. The predicted molar refractivity (Wildman–Crippen MR) is 233 cm³/mol. The van der Waals surface area contributed by atoms with Gasteiger partial charge in [0.25, 0.3) is 0 Å². The van der Waals surface area contributed by atoms with Crippen LogP contribution < -0.4 is 0 Å². The van der Waals surface area contributed by atoms with E-state index in [0.29, 0.717) is 35.8 Å². The third-order valence-electron chi connectivity index (χ3n) is 8.91. The van der Waals surface area contributed by atoms with Crippen molar-refractivity contribution in [1.29, 1.82) is 0 Å². The molecule has 0 atom stereocenters. The van der Waals surface area contributed by atoms with Crippen LogP contribution >= 0.6 is 10.2 Å². The predicted octanol–water partition coefficient (Wildman–Crippen LogP) is 17.9. The van der Waals surface area contributed by atoms with E-state index in [1.807, 2.05) is 0 Å². The third kappa shape index (κ3) is 20.0. The van der Waals surface area contributed by atoms with E-state index >= 15 is 0 Å². The lowest BCUT2D eigenvalue weighted by molar-refractivity contribution is 0.363. The number of hydrogen-bond acceptors (Lipinski definition) is 0. The Balaban J connectivity index is 0.000000348. The Kier molecular flexibility index (Phi) is 18.6. The van der Waals surface area contributed by atoms with Crippen molar-refractivity contribution in [1.82, 2.24) is 0 Å². The Morgan fingerprint density at radius 1 is 0.309 bits per heavy atom. The Morgan fingerprint density at radius 2 is 0.582 bits per heavy atom. The Bertz CT molecular complexity index is 1700. The van der Waals surface area contributed by atoms with Crippen LogP contribution in [0.4, 0.5) is 19.4 Å². The highest BCUT2D eigenvalue weighted by Gasteiger charge is 2.65. The molecule has 5 aromatic rings. The summed E-state index contributed by atoms with van der Waals surface area (Å²) < 4.78 is 62.0. The molecule has 0 aliphatic heterocycles. The third-order valence-corrected chi connectivity index (χ3v) is 10.1. The first-order valence-corrected chi connectivity index (χ1v) is 21.3. The fourth-order valence-electron chi connectivity index (χ4n) is 5.00. The molecule has 0 heterocycles. The second-order valence-corrected chi connectivity index (χ2v) is 18.4. The minimum atomic E-state index is -9.51. The highest BCUT2D eigenvalue weighted by molar-refractivity contribution is 8.45. The maximum atomic E-state index is 12.4. The highest BCUT2D eigenvalue weighted by atomic mass is 32.5. The average molecular weight is 783 g/mol. The molecule has 304 valence electrons. The molecule has 0 saturated heterocycles. The van der Waals surface area contributed by atoms with E-state index in [0.717, 1.165) is 6.07 Å². The van der Waals surface area contributed by atoms with Gasteiger partial charge in [-0.3, -0.25) is 0 Å². The highest BCUT2D eigenvalue weighted by Crippen LogP contribution is 3.02. The number of aryl methyl sites for hydroxylation is 4. The van der Waals surface area contributed by atoms with Crippen molar-refractivity contribution in [2.45, 2.75) is 131 Å². The second-order valence-electron chi connectivity index (χ2n) is 16.0. The molecule has 0 aromatic heterocycles. The molecule has 0 radical (unpaired) electrons. The zero-order valence-electron chi connectivity index (χ0n) is 35.7. The van der Waals surface area contributed by atoms with Crippen molar-refractivity contribution in [2.75, 3.05) is 0 Å². The van der Waals surface area contributed by atoms with Crippen LogP contribution in [-0.2, 0) is 0 Å². The maximum absolute atomic E-state index is 12.4. The van der Waals surface area contributed by atoms with Crippen LogP contribution in [0.2, 0.25) is 0 Å². The minimum Gasteiger partial charge on any atom is -0.0936 e. The summed E-state index contributed by atoms with van der Waals surface area (Å²) in [7, 11) is -9.51. The number of rotatable bonds is 6. The van der Waals surface area contributed by atoms with Crippen molar-refractivity contribution in [3.8, 4) is 0 Å². The molecular weight excluding hydrogens is 716 g/mol. The van der Waals surface area contributed by atoms with Gasteiger partial charge in [0.15, 0.2) is 0 Å². The Morgan fingerprint density at radius 3 is 0.818 bits per heavy atom. The molecule has 0 fully saturated rings. The molecule has 0 saturated carbocycles. The van der Waals surface area contributed by atoms with E-state index < -0.39 is 15.1 Å². The van der Waals surface area contributed by atoms with Crippen molar-refractivity contribution < 1.29 is 19.4 Å². The summed E-state index contributed by atoms with van der Waals surface area (Å²) in [6.07, 6.45) is 0. The summed E-state index contributed by atoms with van der Waals surface area (Å²) in [5.41, 5.74) is 11.3. The van der Waals surface area contributed by atoms with E-state index in [1.54, 1.807) is 13.8 Å². The van der Waals surface area contributed by atoms with Gasteiger partial charge in [0.05, 0.1) is 0 Å². The Labute approximate surface area is 331 Å². The van der Waals surface area contributed by atoms with Gasteiger partial charge in [0.2, 0.25) is 0 Å². The van der Waals surface area contributed by atoms with Crippen LogP contribution in [0.5, 0.6) is 0 Å². The van der Waals surface area contributed by atoms with Crippen LogP contribution in [-0.4, -0.2) is 0 Å². The van der Waals surface area contributed by atoms with Gasteiger partial charge < -0.3 is 0 Å². The van der Waals surface area contributed by atoms with Gasteiger partial charge in [-0.05, 0) is 97.2 Å². The smallest absolute Gasteiger partial charge is 0.0936 e. The maximum Gasteiger partial charge on any atom is 0.310 e. The molecule has 55 heavy (non-hydrogen) atoms. The van der Waals surface area contributed by atoms with E-state index in [2.05, 4.69) is 180 Å². The summed E-state index contributed by atoms with van der Waals surface area (Å²) in [5.74, 6) is 2.39. The number of halogens is 5. The number of hydrogen-bond donors (Lipinski definition) is 0. The lowest BCUT2D eigenvalue weighted by Crippen LogP contribution is -2.06. The fourth-order valence-corrected chi connectivity index (χ4v) is 5.69. The van der Waals surface area contributed by atoms with Crippen molar-refractivity contribution >= 4 is 10.2 Å². The van der Waals surface area contributed by atoms with Crippen molar-refractivity contribution in [2.24, 2.45) is 0 Å². The summed E-state index contributed by atoms with van der Waals surface area (Å²) >= 11 is 0. The topological polar surface area (TPSA) is 0 Å². The van der Waals surface area contributed by atoms with Crippen molar-refractivity contribution in [3.05, 3.63) is 171 Å². The minimum absolute atomic E-state index is 0.218.